The van der Waals surface area contributed by atoms with Crippen molar-refractivity contribution in [2.75, 3.05) is 6.61 Å². The molecule has 9 N–H and O–H groups in total. The van der Waals surface area contributed by atoms with Gasteiger partial charge in [0, 0.05) is 12.1 Å². The summed E-state index contributed by atoms with van der Waals surface area (Å²) in [6, 6.07) is 6.25. The van der Waals surface area contributed by atoms with Gasteiger partial charge < -0.3 is 69.6 Å². The van der Waals surface area contributed by atoms with E-state index < -0.39 is 91.4 Å². The van der Waals surface area contributed by atoms with E-state index in [0.717, 1.165) is 6.07 Å². The van der Waals surface area contributed by atoms with E-state index in [0.29, 0.717) is 5.56 Å². The number of hydrogen-bond acceptors (Lipinski definition) is 15. The Morgan fingerprint density at radius 2 is 1.57 bits per heavy atom. The van der Waals surface area contributed by atoms with Crippen LogP contribution in [-0.2, 0) is 14.2 Å². The molecule has 2 aromatic carbocycles. The first kappa shape index (κ1) is 30.2. The second-order valence-corrected chi connectivity index (χ2v) is 10.4. The van der Waals surface area contributed by atoms with E-state index in [2.05, 4.69) is 0 Å². The van der Waals surface area contributed by atoms with Crippen LogP contribution in [0.25, 0.3) is 0 Å². The summed E-state index contributed by atoms with van der Waals surface area (Å²) in [6.45, 7) is 0.683. The number of benzene rings is 2. The molecule has 3 aliphatic heterocycles. The second-order valence-electron chi connectivity index (χ2n) is 10.4. The number of carbonyl (C=O) groups excluding carboxylic acids is 1. The topological polar surface area (TPSA) is 245 Å². The van der Waals surface area contributed by atoms with Crippen LogP contribution in [0.1, 0.15) is 35.4 Å². The summed E-state index contributed by atoms with van der Waals surface area (Å²) in [4.78, 5) is 12.9. The molecule has 42 heavy (non-hydrogen) atoms. The molecule has 0 saturated carbocycles. The number of aliphatic hydroxyl groups excluding tert-OH is 6. The van der Waals surface area contributed by atoms with Crippen LogP contribution in [0.4, 0.5) is 0 Å². The number of aliphatic hydroxyl groups is 6. The van der Waals surface area contributed by atoms with Crippen molar-refractivity contribution in [3.05, 3.63) is 41.5 Å². The first-order valence-electron chi connectivity index (χ1n) is 13.1. The van der Waals surface area contributed by atoms with E-state index in [4.69, 9.17) is 23.7 Å². The van der Waals surface area contributed by atoms with Gasteiger partial charge in [0.15, 0.2) is 29.7 Å². The lowest BCUT2D eigenvalue weighted by molar-refractivity contribution is -0.354. The van der Waals surface area contributed by atoms with Crippen LogP contribution >= 0.6 is 0 Å². The van der Waals surface area contributed by atoms with Gasteiger partial charge in [0.2, 0.25) is 6.29 Å². The van der Waals surface area contributed by atoms with Crippen LogP contribution in [0.5, 0.6) is 28.7 Å². The van der Waals surface area contributed by atoms with Crippen molar-refractivity contribution in [3.8, 4) is 28.7 Å². The van der Waals surface area contributed by atoms with Crippen LogP contribution < -0.4 is 9.47 Å². The third-order valence-electron chi connectivity index (χ3n) is 7.52. The molecule has 0 spiro atoms. The lowest BCUT2D eigenvalue weighted by atomic mass is 9.95. The minimum absolute atomic E-state index is 0.0941. The summed E-state index contributed by atoms with van der Waals surface area (Å²) >= 11 is 0. The van der Waals surface area contributed by atoms with Crippen LogP contribution in [0, 0.1) is 0 Å². The number of ether oxygens (including phenoxy) is 5. The Hall–Kier alpha value is -3.25. The first-order chi connectivity index (χ1) is 19.9. The zero-order valence-electron chi connectivity index (χ0n) is 22.1. The smallest absolute Gasteiger partial charge is 0.229 e. The van der Waals surface area contributed by atoms with E-state index in [1.54, 1.807) is 0 Å². The fourth-order valence-electron chi connectivity index (χ4n) is 5.12. The van der Waals surface area contributed by atoms with Gasteiger partial charge in [-0.15, -0.1) is 0 Å². The molecule has 0 aliphatic carbocycles. The van der Waals surface area contributed by atoms with Crippen molar-refractivity contribution in [1.82, 2.24) is 0 Å². The standard InChI is InChI=1S/C27H32O15/c1-9-20(33)22(35)24(37)26(38-9)42-25-23(36)21(34)18(8-28)41-27(25)39-11-5-14(31)19-15(32)7-16(40-17(19)6-11)10-2-3-12(29)13(30)4-10/h2-6,9,16,18,20-31,33-37H,7-8H2,1H3/t9-,16+,18-,20+,21-,22-,23+,24-,25+,26+,27-/m1/s1. The molecule has 2 fully saturated rings. The van der Waals surface area contributed by atoms with Gasteiger partial charge in [-0.25, -0.2) is 0 Å². The highest BCUT2D eigenvalue weighted by Gasteiger charge is 2.51. The van der Waals surface area contributed by atoms with Crippen molar-refractivity contribution in [1.29, 1.82) is 0 Å². The molecule has 0 unspecified atom stereocenters. The van der Waals surface area contributed by atoms with Crippen molar-refractivity contribution >= 4 is 5.78 Å². The molecule has 0 amide bonds. The predicted molar refractivity (Wildman–Crippen MR) is 136 cm³/mol. The van der Waals surface area contributed by atoms with E-state index in [1.165, 1.54) is 31.2 Å². The Morgan fingerprint density at radius 1 is 0.833 bits per heavy atom. The fraction of sp³-hybridized carbons (Fsp3) is 0.519. The summed E-state index contributed by atoms with van der Waals surface area (Å²) < 4.78 is 28.4. The largest absolute Gasteiger partial charge is 0.507 e. The maximum Gasteiger partial charge on any atom is 0.229 e. The molecule has 230 valence electrons. The van der Waals surface area contributed by atoms with Gasteiger partial charge in [0.05, 0.1) is 19.1 Å². The molecule has 3 heterocycles. The molecule has 3 aliphatic rings. The monoisotopic (exact) mass is 596 g/mol. The summed E-state index contributed by atoms with van der Waals surface area (Å²) in [6.07, 6.45) is -16.5. The molecule has 2 aromatic rings. The quantitative estimate of drug-likeness (QED) is 0.173. The van der Waals surface area contributed by atoms with Crippen LogP contribution in [-0.4, -0.2) is 120 Å². The number of hydrogen-bond donors (Lipinski definition) is 9. The summed E-state index contributed by atoms with van der Waals surface area (Å²) in [5.41, 5.74) is 0.234. The molecule has 11 atom stereocenters. The van der Waals surface area contributed by atoms with Crippen LogP contribution in [0.15, 0.2) is 30.3 Å². The van der Waals surface area contributed by atoms with Gasteiger partial charge in [0.25, 0.3) is 0 Å². The van der Waals surface area contributed by atoms with E-state index in [-0.39, 0.29) is 29.2 Å². The SMILES string of the molecule is C[C@H]1O[C@@H](O[C@@H]2[C@H](Oc3cc(O)c4c(c3)O[C@H](c3ccc(O)c(O)c3)CC4=O)O[C@H](CO)[C@@H](O)[C@@H]2O)[C@H](O)[C@H](O)[C@H]1O. The molecular formula is C27H32O15. The summed E-state index contributed by atoms with van der Waals surface area (Å²) in [5.74, 6) is -2.02. The van der Waals surface area contributed by atoms with Gasteiger partial charge in [-0.05, 0) is 24.6 Å². The molecule has 0 aromatic heterocycles. The normalized spacial score (nSPS) is 36.6. The highest BCUT2D eigenvalue weighted by atomic mass is 16.8. The minimum Gasteiger partial charge on any atom is -0.507 e. The van der Waals surface area contributed by atoms with Gasteiger partial charge in [-0.2, -0.15) is 0 Å². The molecule has 15 heteroatoms. The minimum atomic E-state index is -1.77. The number of rotatable bonds is 6. The molecule has 5 rings (SSSR count). The zero-order valence-corrected chi connectivity index (χ0v) is 22.1. The Morgan fingerprint density at radius 3 is 2.26 bits per heavy atom. The van der Waals surface area contributed by atoms with Crippen molar-refractivity contribution in [3.63, 3.8) is 0 Å². The third kappa shape index (κ3) is 5.58. The Balaban J connectivity index is 1.42. The lowest BCUT2D eigenvalue weighted by Gasteiger charge is -2.45. The highest BCUT2D eigenvalue weighted by molar-refractivity contribution is 6.02. The number of phenols is 3. The molecule has 15 nitrogen and oxygen atoms in total. The van der Waals surface area contributed by atoms with Crippen molar-refractivity contribution in [2.24, 2.45) is 0 Å². The average Bonchev–Trinajstić information content (AvgIpc) is 2.95. The molecule has 2 saturated heterocycles. The summed E-state index contributed by atoms with van der Waals surface area (Å²) in [5, 5.41) is 91.6. The Kier molecular flexibility index (Phi) is 8.48. The number of Topliss-reactive ketones (excluding diaryl/α,β-unsaturated/α-hetero) is 1. The predicted octanol–water partition coefficient (Wildman–Crippen LogP) is -1.46. The first-order valence-corrected chi connectivity index (χ1v) is 13.1. The third-order valence-corrected chi connectivity index (χ3v) is 7.52. The number of phenolic OH excluding ortho intramolecular Hbond substituents is 3. The van der Waals surface area contributed by atoms with Gasteiger partial charge >= 0.3 is 0 Å². The number of aromatic hydroxyl groups is 3. The Bertz CT molecular complexity index is 1300. The van der Waals surface area contributed by atoms with E-state index >= 15 is 0 Å². The number of fused-ring (bicyclic) bond motifs is 1. The Labute approximate surface area is 238 Å². The average molecular weight is 597 g/mol. The van der Waals surface area contributed by atoms with Crippen LogP contribution in [0.2, 0.25) is 0 Å². The summed E-state index contributed by atoms with van der Waals surface area (Å²) in [7, 11) is 0. The van der Waals surface area contributed by atoms with E-state index in [9.17, 15) is 50.8 Å². The van der Waals surface area contributed by atoms with Gasteiger partial charge in [-0.1, -0.05) is 6.07 Å². The number of ketones is 1. The van der Waals surface area contributed by atoms with E-state index in [1.807, 2.05) is 0 Å². The van der Waals surface area contributed by atoms with Gasteiger partial charge in [-0.3, -0.25) is 4.79 Å². The highest BCUT2D eigenvalue weighted by Crippen LogP contribution is 2.43. The second kappa shape index (κ2) is 11.8. The molecular weight excluding hydrogens is 564 g/mol. The zero-order chi connectivity index (χ0) is 30.5. The number of carbonyl (C=O) groups is 1. The lowest BCUT2D eigenvalue weighted by Crippen LogP contribution is -2.64. The molecule has 0 bridgehead atoms. The van der Waals surface area contributed by atoms with Crippen molar-refractivity contribution in [2.45, 2.75) is 80.9 Å². The van der Waals surface area contributed by atoms with Crippen molar-refractivity contribution < 1.29 is 74.4 Å². The maximum absolute atomic E-state index is 12.9. The van der Waals surface area contributed by atoms with Gasteiger partial charge in [0.1, 0.15) is 65.5 Å². The fourth-order valence-corrected chi connectivity index (χ4v) is 5.12. The van der Waals surface area contributed by atoms with Crippen LogP contribution in [0.3, 0.4) is 0 Å². The maximum atomic E-state index is 12.9. The molecule has 0 radical (unpaired) electrons.